The predicted octanol–water partition coefficient (Wildman–Crippen LogP) is 1.46. The molecule has 0 aromatic heterocycles. The number of nitrogens with one attached hydrogen (secondary N) is 1. The lowest BCUT2D eigenvalue weighted by Gasteiger charge is -2.17. The van der Waals surface area contributed by atoms with Gasteiger partial charge >= 0.3 is 5.97 Å². The van der Waals surface area contributed by atoms with Crippen LogP contribution in [0.1, 0.15) is 6.92 Å². The molecule has 0 bridgehead atoms. The normalized spacial score (nSPS) is 14.1. The van der Waals surface area contributed by atoms with Crippen LogP contribution in [-0.4, -0.2) is 33.2 Å². The van der Waals surface area contributed by atoms with Crippen LogP contribution in [0.5, 0.6) is 0 Å². The summed E-state index contributed by atoms with van der Waals surface area (Å²) < 4.78 is 24.0. The highest BCUT2D eigenvalue weighted by molar-refractivity contribution is 7.91. The van der Waals surface area contributed by atoms with Gasteiger partial charge in [0, 0.05) is 5.69 Å². The van der Waals surface area contributed by atoms with E-state index in [4.69, 9.17) is 5.11 Å². The molecular formula is C11H14FNO3S. The number of hydrogen-bond acceptors (Lipinski definition) is 3. The number of anilines is 1. The molecule has 0 aliphatic heterocycles. The summed E-state index contributed by atoms with van der Waals surface area (Å²) in [4.78, 5) is 11.0. The van der Waals surface area contributed by atoms with Gasteiger partial charge in [0.15, 0.2) is 6.04 Å². The molecule has 6 heteroatoms. The smallest absolute Gasteiger partial charge is 0.331 e. The van der Waals surface area contributed by atoms with Crippen LogP contribution in [0, 0.1) is 5.82 Å². The minimum atomic E-state index is -1.17. The molecule has 0 saturated carbocycles. The van der Waals surface area contributed by atoms with Crippen LogP contribution < -0.4 is 5.32 Å². The minimum Gasteiger partial charge on any atom is -0.616 e. The lowest BCUT2D eigenvalue weighted by Crippen LogP contribution is -2.36. The summed E-state index contributed by atoms with van der Waals surface area (Å²) in [6.45, 7) is 1.73. The summed E-state index contributed by atoms with van der Waals surface area (Å²) in [6.07, 6.45) is 0. The Kier molecular flexibility index (Phi) is 5.24. The molecule has 0 spiro atoms. The standard InChI is InChI=1S/C11H14FNO3S/c1-2-17(16)7-10(11(14)15)13-9-5-3-8(12)4-6-9/h3-6,10,13H,2,7H2,1H3,(H,14,15)/t10-,17?/m0/s1. The Labute approximate surface area is 102 Å². The highest BCUT2D eigenvalue weighted by Crippen LogP contribution is 2.11. The molecule has 17 heavy (non-hydrogen) atoms. The molecule has 2 N–H and O–H groups in total. The Bertz CT molecular complexity index is 371. The second kappa shape index (κ2) is 6.46. The van der Waals surface area contributed by atoms with Crippen molar-refractivity contribution in [3.05, 3.63) is 30.1 Å². The molecule has 0 aliphatic carbocycles. The molecule has 1 rings (SSSR count). The summed E-state index contributed by atoms with van der Waals surface area (Å²) in [5, 5.41) is 11.7. The van der Waals surface area contributed by atoms with Crippen molar-refractivity contribution in [3.63, 3.8) is 0 Å². The molecule has 0 amide bonds. The van der Waals surface area contributed by atoms with Crippen LogP contribution in [0.25, 0.3) is 0 Å². The molecule has 1 aromatic carbocycles. The van der Waals surface area contributed by atoms with Gasteiger partial charge in [-0.3, -0.25) is 0 Å². The lowest BCUT2D eigenvalue weighted by molar-refractivity contribution is -0.137. The van der Waals surface area contributed by atoms with E-state index in [-0.39, 0.29) is 11.6 Å². The molecule has 1 unspecified atom stereocenters. The van der Waals surface area contributed by atoms with Gasteiger partial charge in [-0.1, -0.05) is 11.2 Å². The van der Waals surface area contributed by atoms with E-state index in [1.807, 2.05) is 0 Å². The van der Waals surface area contributed by atoms with E-state index < -0.39 is 23.2 Å². The van der Waals surface area contributed by atoms with Crippen LogP contribution in [0.4, 0.5) is 10.1 Å². The minimum absolute atomic E-state index is 0.0310. The zero-order valence-corrected chi connectivity index (χ0v) is 10.2. The first-order valence-corrected chi connectivity index (χ1v) is 6.61. The fourth-order valence-electron chi connectivity index (χ4n) is 1.23. The van der Waals surface area contributed by atoms with E-state index in [0.29, 0.717) is 11.4 Å². The number of aliphatic carboxylic acids is 1. The van der Waals surface area contributed by atoms with Crippen LogP contribution in [-0.2, 0) is 16.0 Å². The van der Waals surface area contributed by atoms with Crippen LogP contribution >= 0.6 is 0 Å². The zero-order chi connectivity index (χ0) is 12.8. The maximum absolute atomic E-state index is 12.7. The summed E-state index contributed by atoms with van der Waals surface area (Å²) >= 11 is -1.17. The summed E-state index contributed by atoms with van der Waals surface area (Å²) in [5.74, 6) is -1.02. The van der Waals surface area contributed by atoms with Crippen molar-refractivity contribution in [2.24, 2.45) is 0 Å². The topological polar surface area (TPSA) is 72.4 Å². The third-order valence-corrected chi connectivity index (χ3v) is 3.51. The van der Waals surface area contributed by atoms with Crippen LogP contribution in [0.2, 0.25) is 0 Å². The SMILES string of the molecule is CC[S+]([O-])C[C@H](Nc1ccc(F)cc1)C(=O)O. The molecular weight excluding hydrogens is 245 g/mol. The van der Waals surface area contributed by atoms with Gasteiger partial charge in [-0.15, -0.1) is 0 Å². The fraction of sp³-hybridized carbons (Fsp3) is 0.364. The number of carbonyl (C=O) groups is 1. The molecule has 0 radical (unpaired) electrons. The van der Waals surface area contributed by atoms with Gasteiger partial charge in [0.1, 0.15) is 17.3 Å². The molecule has 0 saturated heterocycles. The first-order valence-electron chi connectivity index (χ1n) is 5.12. The van der Waals surface area contributed by atoms with Gasteiger partial charge in [-0.05, 0) is 31.2 Å². The number of rotatable bonds is 6. The largest absolute Gasteiger partial charge is 0.616 e. The Morgan fingerprint density at radius 1 is 1.53 bits per heavy atom. The maximum atomic E-state index is 12.7. The highest BCUT2D eigenvalue weighted by atomic mass is 32.2. The van der Waals surface area contributed by atoms with Gasteiger partial charge in [-0.2, -0.15) is 0 Å². The quantitative estimate of drug-likeness (QED) is 0.759. The van der Waals surface area contributed by atoms with Crippen molar-refractivity contribution in [3.8, 4) is 0 Å². The van der Waals surface area contributed by atoms with Gasteiger partial charge in [0.25, 0.3) is 0 Å². The van der Waals surface area contributed by atoms with Crippen molar-refractivity contribution in [2.75, 3.05) is 16.8 Å². The average molecular weight is 259 g/mol. The summed E-state index contributed by atoms with van der Waals surface area (Å²) in [7, 11) is 0. The first kappa shape index (κ1) is 13.8. The van der Waals surface area contributed by atoms with E-state index in [0.717, 1.165) is 0 Å². The molecule has 0 aliphatic rings. The highest BCUT2D eigenvalue weighted by Gasteiger charge is 2.22. The monoisotopic (exact) mass is 259 g/mol. The predicted molar refractivity (Wildman–Crippen MR) is 65.0 cm³/mol. The van der Waals surface area contributed by atoms with E-state index in [2.05, 4.69) is 5.32 Å². The van der Waals surface area contributed by atoms with Crippen molar-refractivity contribution in [1.82, 2.24) is 0 Å². The van der Waals surface area contributed by atoms with Gasteiger partial charge < -0.3 is 15.0 Å². The number of benzene rings is 1. The lowest BCUT2D eigenvalue weighted by atomic mass is 10.2. The Morgan fingerprint density at radius 2 is 2.12 bits per heavy atom. The molecule has 1 aromatic rings. The fourth-order valence-corrected chi connectivity index (χ4v) is 2.06. The maximum Gasteiger partial charge on any atom is 0.331 e. The second-order valence-corrected chi connectivity index (χ2v) is 5.23. The zero-order valence-electron chi connectivity index (χ0n) is 9.35. The second-order valence-electron chi connectivity index (χ2n) is 3.44. The molecule has 4 nitrogen and oxygen atoms in total. The summed E-state index contributed by atoms with van der Waals surface area (Å²) in [5.41, 5.74) is 0.493. The van der Waals surface area contributed by atoms with Gasteiger partial charge in [0.05, 0.1) is 0 Å². The van der Waals surface area contributed by atoms with Gasteiger partial charge in [-0.25, -0.2) is 9.18 Å². The molecule has 0 fully saturated rings. The van der Waals surface area contributed by atoms with Crippen LogP contribution in [0.3, 0.4) is 0 Å². The van der Waals surface area contributed by atoms with E-state index in [9.17, 15) is 13.7 Å². The number of hydrogen-bond donors (Lipinski definition) is 2. The number of halogens is 1. The van der Waals surface area contributed by atoms with Crippen LogP contribution in [0.15, 0.2) is 24.3 Å². The summed E-state index contributed by atoms with van der Waals surface area (Å²) in [6, 6.07) is 4.43. The van der Waals surface area contributed by atoms with Crippen molar-refractivity contribution in [1.29, 1.82) is 0 Å². The first-order chi connectivity index (χ1) is 8.02. The molecule has 2 atom stereocenters. The molecule has 94 valence electrons. The van der Waals surface area contributed by atoms with E-state index in [1.165, 1.54) is 24.3 Å². The Balaban J connectivity index is 2.66. The third-order valence-electron chi connectivity index (χ3n) is 2.16. The Hall–Kier alpha value is -1.27. The van der Waals surface area contributed by atoms with E-state index in [1.54, 1.807) is 6.92 Å². The number of carboxylic acids is 1. The van der Waals surface area contributed by atoms with E-state index >= 15 is 0 Å². The van der Waals surface area contributed by atoms with Crippen molar-refractivity contribution >= 4 is 22.8 Å². The van der Waals surface area contributed by atoms with Gasteiger partial charge in [0.2, 0.25) is 0 Å². The Morgan fingerprint density at radius 3 is 2.59 bits per heavy atom. The van der Waals surface area contributed by atoms with Crippen molar-refractivity contribution < 1.29 is 18.8 Å². The average Bonchev–Trinajstić information content (AvgIpc) is 2.30. The third kappa shape index (κ3) is 4.62. The number of carboxylic acid groups (broad SMARTS) is 1. The molecule has 0 heterocycles. The van der Waals surface area contributed by atoms with Crippen molar-refractivity contribution in [2.45, 2.75) is 13.0 Å².